The first-order valence-electron chi connectivity index (χ1n) is 12.9. The number of carboxylic acids is 2. The van der Waals surface area contributed by atoms with E-state index in [4.69, 9.17) is 25.5 Å². The molecular formula is C25H41N5O5. The first-order chi connectivity index (χ1) is 16.7. The number of aromatic nitrogens is 2. The highest BCUT2D eigenvalue weighted by atomic mass is 16.4. The summed E-state index contributed by atoms with van der Waals surface area (Å²) in [5, 5.41) is 22.7. The van der Waals surface area contributed by atoms with Crippen molar-refractivity contribution in [2.24, 2.45) is 11.7 Å². The largest absolute Gasteiger partial charge is 0.481 e. The summed E-state index contributed by atoms with van der Waals surface area (Å²) in [6.45, 7) is 5.72. The van der Waals surface area contributed by atoms with E-state index in [1.54, 1.807) is 0 Å². The molecule has 0 bridgehead atoms. The zero-order valence-corrected chi connectivity index (χ0v) is 21.0. The van der Waals surface area contributed by atoms with Gasteiger partial charge in [0.25, 0.3) is 11.9 Å². The van der Waals surface area contributed by atoms with E-state index in [1.807, 2.05) is 0 Å². The molecule has 0 spiro atoms. The average Bonchev–Trinajstić information content (AvgIpc) is 3.70. The fourth-order valence-corrected chi connectivity index (χ4v) is 5.17. The number of rotatable bonds is 6. The van der Waals surface area contributed by atoms with E-state index in [0.29, 0.717) is 30.3 Å². The quantitative estimate of drug-likeness (QED) is 0.471. The first-order valence-corrected chi connectivity index (χ1v) is 12.9. The molecule has 1 aromatic rings. The number of hydrogen-bond donors (Lipinski definition) is 4. The van der Waals surface area contributed by atoms with E-state index < -0.39 is 11.9 Å². The van der Waals surface area contributed by atoms with Crippen LogP contribution in [0.2, 0.25) is 0 Å². The molecule has 1 amide bonds. The summed E-state index contributed by atoms with van der Waals surface area (Å²) in [4.78, 5) is 35.8. The molecule has 1 aromatic heterocycles. The summed E-state index contributed by atoms with van der Waals surface area (Å²) >= 11 is 0. The van der Waals surface area contributed by atoms with Gasteiger partial charge in [-0.2, -0.15) is 5.10 Å². The number of carbonyl (C=O) groups excluding carboxylic acids is 1. The van der Waals surface area contributed by atoms with E-state index in [2.05, 4.69) is 20.0 Å². The number of fused-ring (bicyclic) bond motifs is 1. The van der Waals surface area contributed by atoms with Crippen LogP contribution in [0, 0.1) is 5.92 Å². The van der Waals surface area contributed by atoms with Gasteiger partial charge >= 0.3 is 0 Å². The van der Waals surface area contributed by atoms with Crippen molar-refractivity contribution >= 4 is 17.8 Å². The molecule has 0 aromatic carbocycles. The molecule has 0 unspecified atom stereocenters. The minimum Gasteiger partial charge on any atom is -0.481 e. The molecule has 0 radical (unpaired) electrons. The predicted molar refractivity (Wildman–Crippen MR) is 131 cm³/mol. The van der Waals surface area contributed by atoms with Crippen LogP contribution in [-0.4, -0.2) is 86.3 Å². The lowest BCUT2D eigenvalue weighted by molar-refractivity contribution is -0.135. The minimum atomic E-state index is -0.833. The van der Waals surface area contributed by atoms with Gasteiger partial charge in [0.05, 0.1) is 5.69 Å². The number of likely N-dealkylation sites (tertiary alicyclic amines) is 1. The molecule has 10 nitrogen and oxygen atoms in total. The molecule has 10 heteroatoms. The molecule has 1 saturated heterocycles. The molecule has 2 saturated carbocycles. The average molecular weight is 492 g/mol. The maximum absolute atomic E-state index is 13.1. The Labute approximate surface area is 207 Å². The van der Waals surface area contributed by atoms with Crippen LogP contribution < -0.4 is 5.73 Å². The second-order valence-corrected chi connectivity index (χ2v) is 10.2. The third-order valence-electron chi connectivity index (χ3n) is 7.18. The van der Waals surface area contributed by atoms with Crippen LogP contribution in [0.5, 0.6) is 0 Å². The number of H-pyrrole nitrogens is 1. The van der Waals surface area contributed by atoms with Crippen molar-refractivity contribution in [1.29, 1.82) is 0 Å². The Bertz CT molecular complexity index is 860. The lowest BCUT2D eigenvalue weighted by Gasteiger charge is -2.31. The van der Waals surface area contributed by atoms with E-state index in [0.717, 1.165) is 71.6 Å². The molecule has 3 fully saturated rings. The molecule has 4 aliphatic rings. The van der Waals surface area contributed by atoms with Crippen molar-refractivity contribution in [2.75, 3.05) is 26.2 Å². The van der Waals surface area contributed by atoms with Gasteiger partial charge in [-0.15, -0.1) is 0 Å². The Morgan fingerprint density at radius 1 is 0.971 bits per heavy atom. The number of nitrogens with two attached hydrogens (primary N) is 1. The highest BCUT2D eigenvalue weighted by molar-refractivity contribution is 5.77. The van der Waals surface area contributed by atoms with Crippen LogP contribution in [0.1, 0.15) is 81.7 Å². The molecule has 2 aliphatic heterocycles. The fraction of sp³-hybridized carbons (Fsp3) is 0.760. The van der Waals surface area contributed by atoms with E-state index in [1.165, 1.54) is 42.6 Å². The van der Waals surface area contributed by atoms with Crippen LogP contribution in [0.3, 0.4) is 0 Å². The van der Waals surface area contributed by atoms with Gasteiger partial charge in [-0.05, 0) is 56.4 Å². The summed E-state index contributed by atoms with van der Waals surface area (Å²) < 4.78 is 0. The minimum absolute atomic E-state index is 0.338. The SMILES string of the molecule is CC(=O)O.CC(=O)O.NC[C@H]1CC[C@@H](CC(=O)N2CCc3[nH]nc(C4CC4)c3CC2)N1CC1CC1. The normalized spacial score (nSPS) is 23.8. The molecule has 35 heavy (non-hydrogen) atoms. The lowest BCUT2D eigenvalue weighted by Crippen LogP contribution is -2.44. The van der Waals surface area contributed by atoms with Gasteiger partial charge < -0.3 is 20.8 Å². The number of amides is 1. The predicted octanol–water partition coefficient (Wildman–Crippen LogP) is 1.99. The van der Waals surface area contributed by atoms with Crippen molar-refractivity contribution in [1.82, 2.24) is 20.0 Å². The maximum atomic E-state index is 13.1. The molecule has 2 atom stereocenters. The Hall–Kier alpha value is -2.46. The van der Waals surface area contributed by atoms with Crippen LogP contribution in [0.15, 0.2) is 0 Å². The maximum Gasteiger partial charge on any atom is 0.300 e. The smallest absolute Gasteiger partial charge is 0.300 e. The Balaban J connectivity index is 0.000000376. The number of nitrogens with zero attached hydrogens (tertiary/aromatic N) is 3. The number of carbonyl (C=O) groups is 3. The lowest BCUT2D eigenvalue weighted by atomic mass is 10.1. The van der Waals surface area contributed by atoms with E-state index in [-0.39, 0.29) is 0 Å². The van der Waals surface area contributed by atoms with Gasteiger partial charge in [-0.1, -0.05) is 0 Å². The summed E-state index contributed by atoms with van der Waals surface area (Å²) in [6, 6.07) is 0.885. The molecular weight excluding hydrogens is 450 g/mol. The summed E-state index contributed by atoms with van der Waals surface area (Å²) in [5.74, 6) is 0.200. The van der Waals surface area contributed by atoms with Gasteiger partial charge in [-0.25, -0.2) is 0 Å². The summed E-state index contributed by atoms with van der Waals surface area (Å²) in [7, 11) is 0. The number of aliphatic carboxylic acids is 2. The number of nitrogens with one attached hydrogen (secondary N) is 1. The zero-order valence-electron chi connectivity index (χ0n) is 21.0. The van der Waals surface area contributed by atoms with Crippen LogP contribution in [0.4, 0.5) is 0 Å². The third-order valence-corrected chi connectivity index (χ3v) is 7.18. The third kappa shape index (κ3) is 8.31. The van der Waals surface area contributed by atoms with Crippen molar-refractivity contribution < 1.29 is 24.6 Å². The molecule has 5 rings (SSSR count). The van der Waals surface area contributed by atoms with Gasteiger partial charge in [0.15, 0.2) is 0 Å². The second-order valence-electron chi connectivity index (χ2n) is 10.2. The highest BCUT2D eigenvalue weighted by Gasteiger charge is 2.38. The Kier molecular flexibility index (Phi) is 9.68. The van der Waals surface area contributed by atoms with Gasteiger partial charge in [0, 0.05) is 76.6 Å². The zero-order chi connectivity index (χ0) is 25.5. The highest BCUT2D eigenvalue weighted by Crippen LogP contribution is 2.42. The van der Waals surface area contributed by atoms with Crippen LogP contribution in [-0.2, 0) is 27.2 Å². The number of hydrogen-bond acceptors (Lipinski definition) is 6. The standard InChI is InChI=1S/C21H33N5O.2C2H4O2/c22-12-17-6-5-16(26(17)13-14-1-2-14)11-20(27)25-9-7-18-19(8-10-25)23-24-21(18)15-3-4-15;2*1-2(3)4/h14-17H,1-13,22H2,(H,23,24);2*1H3,(H,3,4)/t16-,17+;;/m0../s1. The second kappa shape index (κ2) is 12.5. The summed E-state index contributed by atoms with van der Waals surface area (Å²) in [5.41, 5.74) is 9.98. The van der Waals surface area contributed by atoms with Crippen molar-refractivity contribution in [2.45, 2.75) is 89.6 Å². The van der Waals surface area contributed by atoms with E-state index in [9.17, 15) is 4.79 Å². The Morgan fingerprint density at radius 2 is 1.57 bits per heavy atom. The number of carboxylic acid groups (broad SMARTS) is 2. The van der Waals surface area contributed by atoms with Crippen molar-refractivity contribution in [3.05, 3.63) is 17.0 Å². The topological polar surface area (TPSA) is 153 Å². The number of aromatic amines is 1. The molecule has 196 valence electrons. The first kappa shape index (κ1) is 27.1. The molecule has 2 aliphatic carbocycles. The monoisotopic (exact) mass is 491 g/mol. The van der Waals surface area contributed by atoms with Crippen LogP contribution >= 0.6 is 0 Å². The van der Waals surface area contributed by atoms with Crippen molar-refractivity contribution in [3.63, 3.8) is 0 Å². The van der Waals surface area contributed by atoms with Gasteiger partial charge in [0.2, 0.25) is 5.91 Å². The van der Waals surface area contributed by atoms with E-state index >= 15 is 0 Å². The summed E-state index contributed by atoms with van der Waals surface area (Å²) in [6.07, 6.45) is 10.1. The fourth-order valence-electron chi connectivity index (χ4n) is 5.17. The van der Waals surface area contributed by atoms with Gasteiger partial charge in [-0.3, -0.25) is 24.4 Å². The van der Waals surface area contributed by atoms with Crippen molar-refractivity contribution in [3.8, 4) is 0 Å². The van der Waals surface area contributed by atoms with Gasteiger partial charge in [0.1, 0.15) is 0 Å². The molecule has 3 heterocycles. The van der Waals surface area contributed by atoms with Crippen LogP contribution in [0.25, 0.3) is 0 Å². The Morgan fingerprint density at radius 3 is 2.14 bits per heavy atom. The molecule has 5 N–H and O–H groups in total.